The molecule has 0 amide bonds. The van der Waals surface area contributed by atoms with E-state index >= 15 is 0 Å². The zero-order valence-electron chi connectivity index (χ0n) is 13.8. The molecule has 0 fully saturated rings. The van der Waals surface area contributed by atoms with Gasteiger partial charge in [-0.05, 0) is 54.3 Å². The van der Waals surface area contributed by atoms with Crippen molar-refractivity contribution in [3.05, 3.63) is 94.5 Å². The molecule has 0 aliphatic rings. The Morgan fingerprint density at radius 3 is 2.25 bits per heavy atom. The van der Waals surface area contributed by atoms with Gasteiger partial charge in [-0.3, -0.25) is 4.79 Å². The zero-order chi connectivity index (χ0) is 16.9. The number of carbonyl (C=O) groups excluding carboxylic acids is 1. The first kappa shape index (κ1) is 15.8. The van der Waals surface area contributed by atoms with Gasteiger partial charge < -0.3 is 0 Å². The summed E-state index contributed by atoms with van der Waals surface area (Å²) in [5, 5.41) is 0. The second-order valence-corrected chi connectivity index (χ2v) is 5.79. The molecule has 0 saturated heterocycles. The highest BCUT2D eigenvalue weighted by atomic mass is 16.1. The summed E-state index contributed by atoms with van der Waals surface area (Å²) in [6.07, 6.45) is 0.859. The number of hydrogen-bond donors (Lipinski definition) is 0. The van der Waals surface area contributed by atoms with Crippen LogP contribution in [0.2, 0.25) is 0 Å². The Bertz CT molecular complexity index is 941. The molecule has 3 aromatic carbocycles. The largest absolute Gasteiger partial charge is 0.298 e. The lowest BCUT2D eigenvalue weighted by atomic mass is 9.96. The van der Waals surface area contributed by atoms with Crippen LogP contribution in [0.4, 0.5) is 0 Å². The summed E-state index contributed by atoms with van der Waals surface area (Å²) in [7, 11) is 0. The van der Waals surface area contributed by atoms with E-state index < -0.39 is 0 Å². The van der Waals surface area contributed by atoms with Gasteiger partial charge in [0.25, 0.3) is 0 Å². The van der Waals surface area contributed by atoms with Gasteiger partial charge in [0.05, 0.1) is 0 Å². The third kappa shape index (κ3) is 3.29. The van der Waals surface area contributed by atoms with Gasteiger partial charge in [-0.2, -0.15) is 0 Å². The Morgan fingerprint density at radius 2 is 1.54 bits per heavy atom. The molecule has 116 valence electrons. The van der Waals surface area contributed by atoms with Crippen molar-refractivity contribution in [3.63, 3.8) is 0 Å². The van der Waals surface area contributed by atoms with Gasteiger partial charge in [0.15, 0.2) is 0 Å². The van der Waals surface area contributed by atoms with Crippen molar-refractivity contribution in [1.82, 2.24) is 0 Å². The molecule has 0 heterocycles. The highest BCUT2D eigenvalue weighted by Gasteiger charge is 2.04. The van der Waals surface area contributed by atoms with Crippen molar-refractivity contribution in [2.75, 3.05) is 0 Å². The summed E-state index contributed by atoms with van der Waals surface area (Å²) in [4.78, 5) is 10.8. The minimum absolute atomic E-state index is 0.681. The van der Waals surface area contributed by atoms with E-state index in [-0.39, 0.29) is 0 Å². The molecule has 0 unspecified atom stereocenters. The summed E-state index contributed by atoms with van der Waals surface area (Å²) < 4.78 is 0. The van der Waals surface area contributed by atoms with Crippen LogP contribution in [0.3, 0.4) is 0 Å². The predicted molar refractivity (Wildman–Crippen MR) is 99.2 cm³/mol. The molecule has 0 atom stereocenters. The molecule has 0 aliphatic carbocycles. The Kier molecular flexibility index (Phi) is 4.59. The van der Waals surface area contributed by atoms with Crippen molar-refractivity contribution in [2.45, 2.75) is 13.8 Å². The Balaban J connectivity index is 1.99. The van der Waals surface area contributed by atoms with Gasteiger partial charge in [0.1, 0.15) is 6.29 Å². The lowest BCUT2D eigenvalue weighted by Gasteiger charge is -2.08. The van der Waals surface area contributed by atoms with Crippen molar-refractivity contribution in [3.8, 4) is 23.0 Å². The summed E-state index contributed by atoms with van der Waals surface area (Å²) in [6.45, 7) is 4.08. The summed E-state index contributed by atoms with van der Waals surface area (Å²) >= 11 is 0. The average molecular weight is 310 g/mol. The number of rotatable bonds is 2. The lowest BCUT2D eigenvalue weighted by molar-refractivity contribution is 0.112. The van der Waals surface area contributed by atoms with E-state index in [1.54, 1.807) is 6.07 Å². The van der Waals surface area contributed by atoms with Crippen LogP contribution in [0, 0.1) is 25.7 Å². The summed E-state index contributed by atoms with van der Waals surface area (Å²) in [5.41, 5.74) is 7.25. The molecule has 1 nitrogen and oxygen atoms in total. The number of hydrogen-bond acceptors (Lipinski definition) is 1. The maximum atomic E-state index is 10.8. The highest BCUT2D eigenvalue weighted by Crippen LogP contribution is 2.25. The molecule has 0 saturated carbocycles. The highest BCUT2D eigenvalue weighted by molar-refractivity contribution is 5.76. The van der Waals surface area contributed by atoms with Crippen LogP contribution in [0.15, 0.2) is 66.7 Å². The van der Waals surface area contributed by atoms with Crippen LogP contribution in [-0.2, 0) is 0 Å². The number of aldehydes is 1. The normalized spacial score (nSPS) is 9.92. The second-order valence-electron chi connectivity index (χ2n) is 5.79. The van der Waals surface area contributed by atoms with Gasteiger partial charge in [0.2, 0.25) is 0 Å². The average Bonchev–Trinajstić information content (AvgIpc) is 2.62. The van der Waals surface area contributed by atoms with E-state index in [2.05, 4.69) is 37.0 Å². The molecule has 0 radical (unpaired) electrons. The molecule has 3 rings (SSSR count). The van der Waals surface area contributed by atoms with Crippen molar-refractivity contribution < 1.29 is 4.79 Å². The molecule has 3 aromatic rings. The van der Waals surface area contributed by atoms with Gasteiger partial charge >= 0.3 is 0 Å². The minimum atomic E-state index is 0.681. The minimum Gasteiger partial charge on any atom is -0.298 e. The lowest BCUT2D eigenvalue weighted by Crippen LogP contribution is -1.89. The Hall–Kier alpha value is -3.11. The van der Waals surface area contributed by atoms with Gasteiger partial charge in [-0.25, -0.2) is 0 Å². The Labute approximate surface area is 143 Å². The monoisotopic (exact) mass is 310 g/mol. The fourth-order valence-electron chi connectivity index (χ4n) is 2.74. The quantitative estimate of drug-likeness (QED) is 0.470. The van der Waals surface area contributed by atoms with E-state index in [4.69, 9.17) is 0 Å². The first-order chi connectivity index (χ1) is 11.7. The third-order valence-corrected chi connectivity index (χ3v) is 4.14. The van der Waals surface area contributed by atoms with Crippen molar-refractivity contribution in [2.24, 2.45) is 0 Å². The van der Waals surface area contributed by atoms with Gasteiger partial charge in [-0.15, -0.1) is 0 Å². The van der Waals surface area contributed by atoms with E-state index in [9.17, 15) is 4.79 Å². The van der Waals surface area contributed by atoms with Gasteiger partial charge in [-0.1, -0.05) is 60.4 Å². The summed E-state index contributed by atoms with van der Waals surface area (Å²) in [6, 6.07) is 22.1. The van der Waals surface area contributed by atoms with Crippen LogP contribution in [0.25, 0.3) is 11.1 Å². The summed E-state index contributed by atoms with van der Waals surface area (Å²) in [5.74, 6) is 6.51. The molecule has 1 heteroatoms. The smallest absolute Gasteiger partial charge is 0.150 e. The molecular weight excluding hydrogens is 292 g/mol. The number of carbonyl (C=O) groups is 1. The Morgan fingerprint density at radius 1 is 0.792 bits per heavy atom. The van der Waals surface area contributed by atoms with Crippen LogP contribution in [0.5, 0.6) is 0 Å². The maximum absolute atomic E-state index is 10.8. The first-order valence-corrected chi connectivity index (χ1v) is 7.92. The van der Waals surface area contributed by atoms with Crippen LogP contribution in [-0.4, -0.2) is 6.29 Å². The molecule has 24 heavy (non-hydrogen) atoms. The van der Waals surface area contributed by atoms with Crippen LogP contribution in [0.1, 0.15) is 32.6 Å². The van der Waals surface area contributed by atoms with Crippen molar-refractivity contribution >= 4 is 6.29 Å². The van der Waals surface area contributed by atoms with Crippen LogP contribution >= 0.6 is 0 Å². The molecular formula is C23H18O. The SMILES string of the molecule is Cc1cc(C=O)ccc1C#Cc1cccc(-c2ccccc2)c1C. The fourth-order valence-corrected chi connectivity index (χ4v) is 2.74. The molecule has 0 spiro atoms. The molecule has 0 bridgehead atoms. The second kappa shape index (κ2) is 6.98. The predicted octanol–water partition coefficient (Wildman–Crippen LogP) is 5.18. The topological polar surface area (TPSA) is 17.1 Å². The van der Waals surface area contributed by atoms with Crippen LogP contribution < -0.4 is 0 Å². The fraction of sp³-hybridized carbons (Fsp3) is 0.0870. The first-order valence-electron chi connectivity index (χ1n) is 7.92. The zero-order valence-corrected chi connectivity index (χ0v) is 13.8. The van der Waals surface area contributed by atoms with Crippen molar-refractivity contribution in [1.29, 1.82) is 0 Å². The standard InChI is InChI=1S/C23H18O/c1-17-15-19(16-24)11-12-20(17)13-14-21-9-6-10-23(18(21)2)22-7-4-3-5-8-22/h3-12,15-16H,1-2H3. The van der Waals surface area contributed by atoms with E-state index in [1.807, 2.05) is 49.4 Å². The van der Waals surface area contributed by atoms with E-state index in [0.29, 0.717) is 5.56 Å². The van der Waals surface area contributed by atoms with Gasteiger partial charge in [0, 0.05) is 16.7 Å². The van der Waals surface area contributed by atoms with E-state index in [1.165, 1.54) is 16.7 Å². The number of aryl methyl sites for hydroxylation is 1. The number of benzene rings is 3. The molecule has 0 aromatic heterocycles. The maximum Gasteiger partial charge on any atom is 0.150 e. The third-order valence-electron chi connectivity index (χ3n) is 4.14. The van der Waals surface area contributed by atoms with E-state index in [0.717, 1.165) is 23.0 Å². The molecule has 0 N–H and O–H groups in total. The molecule has 0 aliphatic heterocycles.